The van der Waals surface area contributed by atoms with Gasteiger partial charge in [0.05, 0.1) is 18.1 Å². The number of carbonyl (C=O) groups is 1. The molecule has 1 fully saturated rings. The van der Waals surface area contributed by atoms with Crippen molar-refractivity contribution in [3.05, 3.63) is 17.7 Å². The predicted octanol–water partition coefficient (Wildman–Crippen LogP) is 1.72. The van der Waals surface area contributed by atoms with Crippen LogP contribution in [0.25, 0.3) is 0 Å². The van der Waals surface area contributed by atoms with Crippen LogP contribution in [0.4, 0.5) is 5.69 Å². The number of anilines is 1. The largest absolute Gasteiger partial charge is 0.309 e. The molecule has 2 rings (SSSR count). The van der Waals surface area contributed by atoms with Crippen LogP contribution in [0.2, 0.25) is 5.28 Å². The van der Waals surface area contributed by atoms with E-state index in [9.17, 15) is 4.79 Å². The zero-order valence-corrected chi connectivity index (χ0v) is 9.37. The number of aromatic nitrogens is 2. The Morgan fingerprint density at radius 1 is 1.47 bits per heavy atom. The zero-order valence-electron chi connectivity index (χ0n) is 7.86. The van der Waals surface area contributed by atoms with Crippen molar-refractivity contribution in [2.75, 3.05) is 17.3 Å². The third-order valence-electron chi connectivity index (χ3n) is 2.34. The summed E-state index contributed by atoms with van der Waals surface area (Å²) in [5.74, 6) is 0.776. The lowest BCUT2D eigenvalue weighted by atomic mass is 10.1. The molecule has 0 saturated carbocycles. The highest BCUT2D eigenvalue weighted by Crippen LogP contribution is 2.24. The summed E-state index contributed by atoms with van der Waals surface area (Å²) in [6.45, 7) is 0.632. The van der Waals surface area contributed by atoms with Crippen LogP contribution in [-0.2, 0) is 4.79 Å². The van der Waals surface area contributed by atoms with Gasteiger partial charge in [-0.15, -0.1) is 11.6 Å². The van der Waals surface area contributed by atoms with E-state index >= 15 is 0 Å². The summed E-state index contributed by atoms with van der Waals surface area (Å²) in [4.78, 5) is 20.9. The molecule has 0 aromatic carbocycles. The van der Waals surface area contributed by atoms with Crippen LogP contribution >= 0.6 is 23.2 Å². The highest BCUT2D eigenvalue weighted by Gasteiger charge is 2.30. The predicted molar refractivity (Wildman–Crippen MR) is 58.2 cm³/mol. The average Bonchev–Trinajstić information content (AvgIpc) is 2.61. The lowest BCUT2D eigenvalue weighted by Gasteiger charge is -2.14. The van der Waals surface area contributed by atoms with Crippen molar-refractivity contribution in [2.24, 2.45) is 5.92 Å². The second-order valence-electron chi connectivity index (χ2n) is 3.44. The first-order valence-electron chi connectivity index (χ1n) is 4.54. The fourth-order valence-electron chi connectivity index (χ4n) is 1.58. The van der Waals surface area contributed by atoms with E-state index in [0.29, 0.717) is 24.5 Å². The summed E-state index contributed by atoms with van der Waals surface area (Å²) >= 11 is 11.3. The smallest absolute Gasteiger partial charge is 0.227 e. The maximum atomic E-state index is 11.6. The third kappa shape index (κ3) is 2.21. The second-order valence-corrected chi connectivity index (χ2v) is 4.09. The Morgan fingerprint density at radius 3 is 2.67 bits per heavy atom. The number of rotatable bonds is 2. The summed E-state index contributed by atoms with van der Waals surface area (Å²) in [5.41, 5.74) is 0.678. The zero-order chi connectivity index (χ0) is 10.8. The molecule has 0 aliphatic carbocycles. The molecule has 2 heterocycles. The Kier molecular flexibility index (Phi) is 3.07. The molecular weight excluding hydrogens is 237 g/mol. The Hall–Kier alpha value is -0.870. The first-order valence-corrected chi connectivity index (χ1v) is 5.46. The monoisotopic (exact) mass is 245 g/mol. The molecule has 1 aromatic heterocycles. The Labute approximate surface area is 97.2 Å². The molecule has 1 amide bonds. The summed E-state index contributed by atoms with van der Waals surface area (Å²) in [6, 6.07) is 0. The van der Waals surface area contributed by atoms with Gasteiger partial charge in [-0.25, -0.2) is 9.97 Å². The first-order chi connectivity index (χ1) is 7.20. The van der Waals surface area contributed by atoms with E-state index in [0.717, 1.165) is 0 Å². The Bertz CT molecular complexity index is 368. The number of hydrogen-bond donors (Lipinski definition) is 0. The number of hydrogen-bond acceptors (Lipinski definition) is 3. The minimum absolute atomic E-state index is 0.0616. The van der Waals surface area contributed by atoms with Crippen LogP contribution < -0.4 is 4.90 Å². The number of halogens is 2. The van der Waals surface area contributed by atoms with Gasteiger partial charge in [0.2, 0.25) is 11.2 Å². The van der Waals surface area contributed by atoms with Crippen LogP contribution in [0.5, 0.6) is 0 Å². The van der Waals surface area contributed by atoms with Gasteiger partial charge < -0.3 is 4.90 Å². The SMILES string of the molecule is O=C1CC(CCl)CN1c1cnc(Cl)nc1. The van der Waals surface area contributed by atoms with E-state index < -0.39 is 0 Å². The van der Waals surface area contributed by atoms with Gasteiger partial charge in [-0.2, -0.15) is 0 Å². The van der Waals surface area contributed by atoms with Crippen LogP contribution in [0.15, 0.2) is 12.4 Å². The molecule has 1 atom stereocenters. The van der Waals surface area contributed by atoms with Gasteiger partial charge in [0, 0.05) is 18.8 Å². The van der Waals surface area contributed by atoms with E-state index in [2.05, 4.69) is 9.97 Å². The molecule has 1 saturated heterocycles. The fourth-order valence-corrected chi connectivity index (χ4v) is 1.88. The minimum Gasteiger partial charge on any atom is -0.309 e. The Balaban J connectivity index is 2.18. The van der Waals surface area contributed by atoms with Crippen LogP contribution in [0, 0.1) is 5.92 Å². The lowest BCUT2D eigenvalue weighted by Crippen LogP contribution is -2.24. The molecule has 0 N–H and O–H groups in total. The van der Waals surface area contributed by atoms with Crippen LogP contribution in [0.1, 0.15) is 6.42 Å². The Morgan fingerprint density at radius 2 is 2.13 bits per heavy atom. The summed E-state index contributed by atoms with van der Waals surface area (Å²) in [6.07, 6.45) is 3.58. The van der Waals surface area contributed by atoms with Gasteiger partial charge in [-0.05, 0) is 17.5 Å². The summed E-state index contributed by atoms with van der Waals surface area (Å²) in [7, 11) is 0. The summed E-state index contributed by atoms with van der Waals surface area (Å²) in [5, 5.41) is 0.180. The van der Waals surface area contributed by atoms with Crippen molar-refractivity contribution < 1.29 is 4.79 Å². The molecule has 6 heteroatoms. The van der Waals surface area contributed by atoms with Crippen LogP contribution in [-0.4, -0.2) is 28.3 Å². The quantitative estimate of drug-likeness (QED) is 0.589. The van der Waals surface area contributed by atoms with Gasteiger partial charge in [-0.1, -0.05) is 0 Å². The maximum Gasteiger partial charge on any atom is 0.227 e. The van der Waals surface area contributed by atoms with Crippen molar-refractivity contribution in [1.82, 2.24) is 9.97 Å². The van der Waals surface area contributed by atoms with E-state index in [-0.39, 0.29) is 17.1 Å². The molecule has 1 aliphatic heterocycles. The van der Waals surface area contributed by atoms with Crippen molar-refractivity contribution in [3.63, 3.8) is 0 Å². The number of nitrogens with zero attached hydrogens (tertiary/aromatic N) is 3. The van der Waals surface area contributed by atoms with Crippen molar-refractivity contribution in [1.29, 1.82) is 0 Å². The highest BCUT2D eigenvalue weighted by molar-refractivity contribution is 6.28. The minimum atomic E-state index is 0.0616. The van der Waals surface area contributed by atoms with Gasteiger partial charge >= 0.3 is 0 Å². The van der Waals surface area contributed by atoms with Gasteiger partial charge in [0.25, 0.3) is 0 Å². The number of carbonyl (C=O) groups excluding carboxylic acids is 1. The molecule has 1 aliphatic rings. The fraction of sp³-hybridized carbons (Fsp3) is 0.444. The third-order valence-corrected chi connectivity index (χ3v) is 2.97. The van der Waals surface area contributed by atoms with Gasteiger partial charge in [0.15, 0.2) is 0 Å². The lowest BCUT2D eigenvalue weighted by molar-refractivity contribution is -0.117. The molecule has 0 radical (unpaired) electrons. The first kappa shape index (κ1) is 10.6. The molecule has 1 aromatic rings. The van der Waals surface area contributed by atoms with Gasteiger partial charge in [-0.3, -0.25) is 4.79 Å². The topological polar surface area (TPSA) is 46.1 Å². The molecule has 1 unspecified atom stereocenters. The number of amides is 1. The number of alkyl halides is 1. The van der Waals surface area contributed by atoms with E-state index in [1.165, 1.54) is 0 Å². The van der Waals surface area contributed by atoms with E-state index in [1.807, 2.05) is 0 Å². The van der Waals surface area contributed by atoms with Crippen molar-refractivity contribution in [3.8, 4) is 0 Å². The molecule has 0 bridgehead atoms. The maximum absolute atomic E-state index is 11.6. The molecule has 4 nitrogen and oxygen atoms in total. The van der Waals surface area contributed by atoms with Crippen molar-refractivity contribution in [2.45, 2.75) is 6.42 Å². The molecule has 0 spiro atoms. The van der Waals surface area contributed by atoms with E-state index in [4.69, 9.17) is 23.2 Å². The molecule has 15 heavy (non-hydrogen) atoms. The normalized spacial score (nSPS) is 21.1. The van der Waals surface area contributed by atoms with E-state index in [1.54, 1.807) is 17.3 Å². The second kappa shape index (κ2) is 4.33. The van der Waals surface area contributed by atoms with Crippen molar-refractivity contribution >= 4 is 34.8 Å². The molecule has 80 valence electrons. The highest BCUT2D eigenvalue weighted by atomic mass is 35.5. The van der Waals surface area contributed by atoms with Gasteiger partial charge in [0.1, 0.15) is 0 Å². The summed E-state index contributed by atoms with van der Waals surface area (Å²) < 4.78 is 0. The standard InChI is InChI=1S/C9H9Cl2N3O/c10-2-6-1-8(15)14(5-6)7-3-12-9(11)13-4-7/h3-4,6H,1-2,5H2. The molecular formula is C9H9Cl2N3O. The van der Waals surface area contributed by atoms with Crippen LogP contribution in [0.3, 0.4) is 0 Å². The average molecular weight is 246 g/mol.